The van der Waals surface area contributed by atoms with Crippen LogP contribution in [0.2, 0.25) is 0 Å². The number of allylic oxidation sites excluding steroid dienone is 2. The summed E-state index contributed by atoms with van der Waals surface area (Å²) in [6.45, 7) is 9.03. The summed E-state index contributed by atoms with van der Waals surface area (Å²) in [5.41, 5.74) is 8.93. The van der Waals surface area contributed by atoms with Gasteiger partial charge in [0.1, 0.15) is 0 Å². The van der Waals surface area contributed by atoms with Crippen LogP contribution in [0.15, 0.2) is 54.4 Å². The van der Waals surface area contributed by atoms with E-state index in [4.69, 9.17) is 5.11 Å². The monoisotopic (exact) mass is 535 g/mol. The van der Waals surface area contributed by atoms with Gasteiger partial charge in [0.15, 0.2) is 5.78 Å². The van der Waals surface area contributed by atoms with E-state index >= 15 is 0 Å². The number of carbonyl (C=O) groups is 1. The maximum atomic E-state index is 10.0. The number of pyridine rings is 1. The fraction of sp³-hybridized carbons (Fsp3) is 0.259. The molecule has 0 amide bonds. The van der Waals surface area contributed by atoms with Crippen molar-refractivity contribution in [2.75, 3.05) is 0 Å². The van der Waals surface area contributed by atoms with Crippen molar-refractivity contribution in [1.82, 2.24) is 4.98 Å². The van der Waals surface area contributed by atoms with E-state index in [2.05, 4.69) is 44.0 Å². The number of hydrogen-bond acceptors (Lipinski definition) is 5. The van der Waals surface area contributed by atoms with Crippen LogP contribution in [0.25, 0.3) is 22.4 Å². The predicted molar refractivity (Wildman–Crippen MR) is 127 cm³/mol. The van der Waals surface area contributed by atoms with E-state index in [0.717, 1.165) is 22.3 Å². The summed E-state index contributed by atoms with van der Waals surface area (Å²) >= 11 is 0. The summed E-state index contributed by atoms with van der Waals surface area (Å²) in [6.07, 6.45) is 2.83. The molecule has 3 N–H and O–H groups in total. The van der Waals surface area contributed by atoms with Gasteiger partial charge in [-0.05, 0) is 51.9 Å². The van der Waals surface area contributed by atoms with Crippen molar-refractivity contribution in [3.8, 4) is 22.4 Å². The molecule has 0 saturated carbocycles. The molecule has 0 atom stereocenters. The fourth-order valence-corrected chi connectivity index (χ4v) is 3.69. The van der Waals surface area contributed by atoms with Gasteiger partial charge < -0.3 is 20.3 Å². The molecule has 1 heterocycles. The maximum absolute atomic E-state index is 10.0. The van der Waals surface area contributed by atoms with Gasteiger partial charge in [-0.1, -0.05) is 46.0 Å². The fourth-order valence-electron chi connectivity index (χ4n) is 3.69. The number of aliphatic hydroxyl groups excluding tert-OH is 3. The average molecular weight is 535 g/mol. The number of nitrogens with zero attached hydrogens (tertiary/aromatic N) is 1. The van der Waals surface area contributed by atoms with Crippen LogP contribution in [0, 0.1) is 26.8 Å². The van der Waals surface area contributed by atoms with Crippen LogP contribution in [0.5, 0.6) is 0 Å². The Hall–Kier alpha value is -2.66. The molecule has 0 saturated heterocycles. The van der Waals surface area contributed by atoms with Gasteiger partial charge in [-0.15, -0.1) is 29.3 Å². The maximum Gasteiger partial charge on any atom is 0.155 e. The summed E-state index contributed by atoms with van der Waals surface area (Å²) in [5.74, 6) is -0.0625. The van der Waals surface area contributed by atoms with Crippen molar-refractivity contribution in [1.29, 1.82) is 0 Å². The number of aromatic nitrogens is 1. The smallest absolute Gasteiger partial charge is 0.155 e. The van der Waals surface area contributed by atoms with Crippen LogP contribution >= 0.6 is 0 Å². The first-order valence-electron chi connectivity index (χ1n) is 10.3. The Labute approximate surface area is 208 Å². The van der Waals surface area contributed by atoms with Crippen LogP contribution in [0.1, 0.15) is 41.7 Å². The van der Waals surface area contributed by atoms with Gasteiger partial charge >= 0.3 is 0 Å². The van der Waals surface area contributed by atoms with Crippen molar-refractivity contribution in [2.24, 2.45) is 0 Å². The summed E-state index contributed by atoms with van der Waals surface area (Å²) in [6, 6.07) is 15.2. The minimum Gasteiger partial charge on any atom is -0.512 e. The first kappa shape index (κ1) is 28.4. The average Bonchev–Trinajstić information content (AvgIpc) is 2.72. The second-order valence-corrected chi connectivity index (χ2v) is 7.82. The molecule has 0 aliphatic rings. The quantitative estimate of drug-likeness (QED) is 0.182. The van der Waals surface area contributed by atoms with Gasteiger partial charge in [0.05, 0.1) is 12.4 Å². The first-order chi connectivity index (χ1) is 15.2. The van der Waals surface area contributed by atoms with Crippen molar-refractivity contribution >= 4 is 5.78 Å². The van der Waals surface area contributed by atoms with Crippen molar-refractivity contribution in [2.45, 2.75) is 47.8 Å². The third kappa shape index (κ3) is 8.01. The normalized spacial score (nSPS) is 10.7. The molecule has 0 spiro atoms. The number of hydrogen-bond donors (Lipinski definition) is 3. The number of benzene rings is 2. The zero-order valence-electron chi connectivity index (χ0n) is 19.6. The molecular weight excluding hydrogens is 505 g/mol. The van der Waals surface area contributed by atoms with Crippen LogP contribution < -0.4 is 0 Å². The largest absolute Gasteiger partial charge is 0.512 e. The summed E-state index contributed by atoms with van der Waals surface area (Å²) < 4.78 is 0. The molecule has 33 heavy (non-hydrogen) atoms. The second kappa shape index (κ2) is 13.1. The van der Waals surface area contributed by atoms with E-state index in [0.29, 0.717) is 5.69 Å². The Kier molecular flexibility index (Phi) is 11.3. The molecule has 177 valence electrons. The molecular formula is C27H30NO4Rh-. The van der Waals surface area contributed by atoms with E-state index in [1.807, 2.05) is 18.2 Å². The van der Waals surface area contributed by atoms with Gasteiger partial charge in [0.2, 0.25) is 0 Å². The van der Waals surface area contributed by atoms with Crippen molar-refractivity contribution in [3.63, 3.8) is 0 Å². The van der Waals surface area contributed by atoms with Crippen molar-refractivity contribution in [3.05, 3.63) is 88.3 Å². The minimum atomic E-state index is -0.125. The topological polar surface area (TPSA) is 90.7 Å². The molecule has 5 nitrogen and oxygen atoms in total. The van der Waals surface area contributed by atoms with Gasteiger partial charge in [-0.2, -0.15) is 0 Å². The summed E-state index contributed by atoms with van der Waals surface area (Å²) in [5, 5.41) is 27.6. The van der Waals surface area contributed by atoms with Crippen molar-refractivity contribution < 1.29 is 39.6 Å². The minimum absolute atomic E-state index is 0. The van der Waals surface area contributed by atoms with Crippen LogP contribution in [-0.4, -0.2) is 26.1 Å². The first-order valence-corrected chi connectivity index (χ1v) is 10.3. The summed E-state index contributed by atoms with van der Waals surface area (Å²) in [4.78, 5) is 14.4. The summed E-state index contributed by atoms with van der Waals surface area (Å²) in [7, 11) is 0. The Morgan fingerprint density at radius 3 is 2.15 bits per heavy atom. The SMILES string of the molecule is CC(=O)/C=C(/C)O.Cc1cc(C)c(-c2c[c-]c(-c3cc(CO)ccn3)c(CO)c2)c(C)c1.[Rh]. The molecule has 2 aromatic carbocycles. The molecule has 0 bridgehead atoms. The second-order valence-electron chi connectivity index (χ2n) is 7.82. The number of ketones is 1. The third-order valence-electron chi connectivity index (χ3n) is 4.83. The number of carbonyl (C=O) groups excluding carboxylic acids is 1. The molecule has 1 aromatic heterocycles. The van der Waals surface area contributed by atoms with Crippen LogP contribution in [0.3, 0.4) is 0 Å². The number of rotatable bonds is 5. The third-order valence-corrected chi connectivity index (χ3v) is 4.83. The molecule has 6 heteroatoms. The van der Waals surface area contributed by atoms with Crippen LogP contribution in [-0.2, 0) is 37.5 Å². The molecule has 1 radical (unpaired) electrons. The zero-order chi connectivity index (χ0) is 23.8. The van der Waals surface area contributed by atoms with Gasteiger partial charge in [0, 0.05) is 38.4 Å². The molecule has 0 aliphatic heterocycles. The Morgan fingerprint density at radius 2 is 1.67 bits per heavy atom. The van der Waals surface area contributed by atoms with Gasteiger partial charge in [-0.25, -0.2) is 0 Å². The van der Waals surface area contributed by atoms with Gasteiger partial charge in [-0.3, -0.25) is 4.79 Å². The standard InChI is InChI=1S/C22H22NO2.C5H8O2.Rh/c1-14-8-15(2)22(16(3)9-14)18-4-5-20(19(11-18)13-25)21-10-17(12-24)6-7-23-21;1-4(6)3-5(2)7;/h4,6-11,24-25H,12-13H2,1-3H3;3,6H,1-2H3;/q-1;;/b;4-3-;. The molecule has 0 fully saturated rings. The van der Waals surface area contributed by atoms with E-state index in [1.165, 1.54) is 42.2 Å². The van der Waals surface area contributed by atoms with E-state index in [9.17, 15) is 15.0 Å². The number of aryl methyl sites for hydroxylation is 3. The van der Waals surface area contributed by atoms with E-state index < -0.39 is 0 Å². The molecule has 3 rings (SSSR count). The number of aliphatic hydroxyl groups is 3. The molecule has 0 aliphatic carbocycles. The van der Waals surface area contributed by atoms with Gasteiger partial charge in [0.25, 0.3) is 0 Å². The predicted octanol–water partition coefficient (Wildman–Crippen LogP) is 5.16. The molecule has 3 aromatic rings. The Balaban J connectivity index is 0.000000595. The van der Waals surface area contributed by atoms with E-state index in [1.54, 1.807) is 12.3 Å². The molecule has 0 unspecified atom stereocenters. The van der Waals surface area contributed by atoms with Crippen LogP contribution in [0.4, 0.5) is 0 Å². The zero-order valence-corrected chi connectivity index (χ0v) is 21.2. The Morgan fingerprint density at radius 1 is 1.03 bits per heavy atom. The van der Waals surface area contributed by atoms with E-state index in [-0.39, 0.29) is 44.2 Å². The Bertz CT molecular complexity index is 1110.